The van der Waals surface area contributed by atoms with Gasteiger partial charge in [-0.3, -0.25) is 4.79 Å². The molecule has 2 rings (SSSR count). The molecule has 1 aliphatic carbocycles. The number of Topliss-reactive ketones (excluding diaryl/α,β-unsaturated/α-hetero) is 1. The highest BCUT2D eigenvalue weighted by Crippen LogP contribution is 2.37. The number of ketones is 1. The number of rotatable bonds is 2. The third-order valence-electron chi connectivity index (χ3n) is 3.25. The van der Waals surface area contributed by atoms with E-state index in [1.54, 1.807) is 0 Å². The molecule has 0 spiro atoms. The van der Waals surface area contributed by atoms with Crippen molar-refractivity contribution in [3.05, 3.63) is 27.2 Å². The Labute approximate surface area is 113 Å². The van der Waals surface area contributed by atoms with Crippen LogP contribution in [0.5, 0.6) is 5.75 Å². The largest absolute Gasteiger partial charge is 0.506 e. The normalized spacial score (nSPS) is 14.7. The Morgan fingerprint density at radius 3 is 2.50 bits per heavy atom. The lowest BCUT2D eigenvalue weighted by atomic mass is 9.97. The Hall–Kier alpha value is -1.36. The van der Waals surface area contributed by atoms with Crippen molar-refractivity contribution in [2.75, 3.05) is 0 Å². The van der Waals surface area contributed by atoms with Crippen LogP contribution in [0.4, 0.5) is 0 Å². The Bertz CT molecular complexity index is 522. The van der Waals surface area contributed by atoms with E-state index in [0.29, 0.717) is 4.47 Å². The average molecular weight is 313 g/mol. The van der Waals surface area contributed by atoms with Gasteiger partial charge in [0.25, 0.3) is 5.78 Å². The topological polar surface area (TPSA) is 74.6 Å². The first kappa shape index (κ1) is 13.1. The molecule has 1 aromatic carbocycles. The number of halogens is 1. The fourth-order valence-electron chi connectivity index (χ4n) is 2.31. The summed E-state index contributed by atoms with van der Waals surface area (Å²) in [6.07, 6.45) is 4.81. The summed E-state index contributed by atoms with van der Waals surface area (Å²) in [6, 6.07) is 1.52. The molecule has 0 heterocycles. The summed E-state index contributed by atoms with van der Waals surface area (Å²) in [6.45, 7) is 0. The van der Waals surface area contributed by atoms with E-state index in [1.807, 2.05) is 0 Å². The molecule has 0 radical (unpaired) electrons. The highest BCUT2D eigenvalue weighted by atomic mass is 79.9. The molecule has 0 unspecified atom stereocenters. The van der Waals surface area contributed by atoms with E-state index in [9.17, 15) is 14.7 Å². The van der Waals surface area contributed by atoms with Crippen LogP contribution >= 0.6 is 15.9 Å². The number of aromatic hydroxyl groups is 1. The van der Waals surface area contributed by atoms with E-state index in [2.05, 4.69) is 15.9 Å². The number of carbonyl (C=O) groups excluding carboxylic acids is 1. The zero-order chi connectivity index (χ0) is 13.3. The first-order chi connectivity index (χ1) is 8.52. The van der Waals surface area contributed by atoms with Gasteiger partial charge < -0.3 is 10.2 Å². The molecule has 0 atom stereocenters. The SMILES string of the molecule is O=C(O)C(=O)c1cc2c(c(Br)c1O)CCCCC2. The van der Waals surface area contributed by atoms with Crippen molar-refractivity contribution in [3.63, 3.8) is 0 Å². The number of benzene rings is 1. The second-order valence-corrected chi connectivity index (χ2v) is 5.21. The molecule has 0 saturated carbocycles. The first-order valence-corrected chi connectivity index (χ1v) is 6.62. The van der Waals surface area contributed by atoms with Crippen LogP contribution in [0.2, 0.25) is 0 Å². The molecule has 0 fully saturated rings. The summed E-state index contributed by atoms with van der Waals surface area (Å²) in [5, 5.41) is 18.7. The maximum absolute atomic E-state index is 11.5. The summed E-state index contributed by atoms with van der Waals surface area (Å²) in [4.78, 5) is 22.2. The van der Waals surface area contributed by atoms with Crippen molar-refractivity contribution in [1.82, 2.24) is 0 Å². The smallest absolute Gasteiger partial charge is 0.377 e. The predicted molar refractivity (Wildman–Crippen MR) is 69.0 cm³/mol. The lowest BCUT2D eigenvalue weighted by Gasteiger charge is -2.12. The highest BCUT2D eigenvalue weighted by molar-refractivity contribution is 9.10. The summed E-state index contributed by atoms with van der Waals surface area (Å²) < 4.78 is 0.464. The van der Waals surface area contributed by atoms with Gasteiger partial charge in [0.2, 0.25) is 0 Å². The molecule has 0 aromatic heterocycles. The summed E-state index contributed by atoms with van der Waals surface area (Å²) in [5.74, 6) is -2.88. The van der Waals surface area contributed by atoms with Crippen LogP contribution in [-0.4, -0.2) is 22.0 Å². The summed E-state index contributed by atoms with van der Waals surface area (Å²) >= 11 is 3.27. The highest BCUT2D eigenvalue weighted by Gasteiger charge is 2.24. The second kappa shape index (κ2) is 5.10. The van der Waals surface area contributed by atoms with Gasteiger partial charge in [0.1, 0.15) is 5.75 Å². The molecule has 0 bridgehead atoms. The lowest BCUT2D eigenvalue weighted by molar-refractivity contribution is -0.131. The minimum absolute atomic E-state index is 0.130. The second-order valence-electron chi connectivity index (χ2n) is 4.42. The summed E-state index contributed by atoms with van der Waals surface area (Å²) in [7, 11) is 0. The molecule has 5 heteroatoms. The molecule has 2 N–H and O–H groups in total. The van der Waals surface area contributed by atoms with Gasteiger partial charge in [-0.25, -0.2) is 4.79 Å². The number of carboxylic acids is 1. The van der Waals surface area contributed by atoms with E-state index < -0.39 is 11.8 Å². The summed E-state index contributed by atoms with van der Waals surface area (Å²) in [5.41, 5.74) is 1.82. The molecule has 0 amide bonds. The predicted octanol–water partition coefficient (Wildman–Crippen LogP) is 2.69. The van der Waals surface area contributed by atoms with Crippen molar-refractivity contribution >= 4 is 27.7 Å². The fraction of sp³-hybridized carbons (Fsp3) is 0.385. The number of aryl methyl sites for hydroxylation is 1. The quantitative estimate of drug-likeness (QED) is 0.500. The van der Waals surface area contributed by atoms with Crippen molar-refractivity contribution in [1.29, 1.82) is 0 Å². The number of fused-ring (bicyclic) bond motifs is 1. The van der Waals surface area contributed by atoms with Crippen LogP contribution in [-0.2, 0) is 17.6 Å². The minimum Gasteiger partial charge on any atom is -0.506 e. The van der Waals surface area contributed by atoms with Crippen molar-refractivity contribution in [2.24, 2.45) is 0 Å². The average Bonchev–Trinajstić information content (AvgIpc) is 2.58. The van der Waals surface area contributed by atoms with Gasteiger partial charge in [-0.15, -0.1) is 0 Å². The Morgan fingerprint density at radius 1 is 1.17 bits per heavy atom. The number of carbonyl (C=O) groups is 2. The van der Waals surface area contributed by atoms with E-state index in [1.165, 1.54) is 6.07 Å². The van der Waals surface area contributed by atoms with Crippen LogP contribution in [0.3, 0.4) is 0 Å². The van der Waals surface area contributed by atoms with Gasteiger partial charge in [-0.05, 0) is 58.8 Å². The van der Waals surface area contributed by atoms with Crippen LogP contribution in [0.1, 0.15) is 40.7 Å². The minimum atomic E-state index is -1.55. The van der Waals surface area contributed by atoms with Gasteiger partial charge in [0.15, 0.2) is 0 Å². The monoisotopic (exact) mass is 312 g/mol. The number of hydrogen-bond donors (Lipinski definition) is 2. The number of carboxylic acid groups (broad SMARTS) is 1. The Kier molecular flexibility index (Phi) is 3.71. The molecule has 4 nitrogen and oxygen atoms in total. The van der Waals surface area contributed by atoms with E-state index >= 15 is 0 Å². The van der Waals surface area contributed by atoms with Gasteiger partial charge in [0, 0.05) is 0 Å². The van der Waals surface area contributed by atoms with Crippen LogP contribution < -0.4 is 0 Å². The van der Waals surface area contributed by atoms with E-state index in [-0.39, 0.29) is 11.3 Å². The number of aliphatic carboxylic acids is 1. The Morgan fingerprint density at radius 2 is 1.83 bits per heavy atom. The van der Waals surface area contributed by atoms with Crippen molar-refractivity contribution in [3.8, 4) is 5.75 Å². The molecule has 0 aliphatic heterocycles. The zero-order valence-corrected chi connectivity index (χ0v) is 11.3. The molecule has 96 valence electrons. The van der Waals surface area contributed by atoms with Gasteiger partial charge in [-0.1, -0.05) is 6.42 Å². The molecule has 1 aromatic rings. The Balaban J connectivity index is 2.57. The van der Waals surface area contributed by atoms with Crippen molar-refractivity contribution < 1.29 is 19.8 Å². The molecule has 0 saturated heterocycles. The lowest BCUT2D eigenvalue weighted by Crippen LogP contribution is -2.14. The third kappa shape index (κ3) is 2.27. The fourth-order valence-corrected chi connectivity index (χ4v) is 2.97. The van der Waals surface area contributed by atoms with Crippen molar-refractivity contribution in [2.45, 2.75) is 32.1 Å². The van der Waals surface area contributed by atoms with Gasteiger partial charge >= 0.3 is 5.97 Å². The van der Waals surface area contributed by atoms with Crippen LogP contribution in [0, 0.1) is 0 Å². The van der Waals surface area contributed by atoms with Gasteiger partial charge in [-0.2, -0.15) is 0 Å². The maximum Gasteiger partial charge on any atom is 0.377 e. The van der Waals surface area contributed by atoms with E-state index in [4.69, 9.17) is 5.11 Å². The number of hydrogen-bond acceptors (Lipinski definition) is 3. The first-order valence-electron chi connectivity index (χ1n) is 5.83. The number of phenolic OH excluding ortho intramolecular Hbond substituents is 1. The number of phenols is 1. The maximum atomic E-state index is 11.5. The molecular formula is C13H13BrO4. The standard InChI is InChI=1S/C13H13BrO4/c14-10-8-5-3-1-2-4-7(8)6-9(11(10)15)12(16)13(17)18/h6,15H,1-5H2,(H,17,18). The zero-order valence-electron chi connectivity index (χ0n) is 9.70. The van der Waals surface area contributed by atoms with E-state index in [0.717, 1.165) is 43.2 Å². The molecule has 1 aliphatic rings. The molecular weight excluding hydrogens is 300 g/mol. The van der Waals surface area contributed by atoms with Crippen LogP contribution in [0.25, 0.3) is 0 Å². The molecule has 18 heavy (non-hydrogen) atoms. The third-order valence-corrected chi connectivity index (χ3v) is 4.10. The van der Waals surface area contributed by atoms with Gasteiger partial charge in [0.05, 0.1) is 10.0 Å². The van der Waals surface area contributed by atoms with Crippen LogP contribution in [0.15, 0.2) is 10.5 Å².